The largest absolute Gasteiger partial charge is 0.383 e. The van der Waals surface area contributed by atoms with E-state index in [1.54, 1.807) is 31.3 Å². The molecule has 0 aliphatic carbocycles. The van der Waals surface area contributed by atoms with Gasteiger partial charge in [0.1, 0.15) is 10.1 Å². The fourth-order valence-electron chi connectivity index (χ4n) is 1.57. The first-order valence-electron chi connectivity index (χ1n) is 6.22. The predicted molar refractivity (Wildman–Crippen MR) is 83.9 cm³/mol. The molecule has 0 aromatic carbocycles. The van der Waals surface area contributed by atoms with Crippen molar-refractivity contribution in [2.24, 2.45) is 0 Å². The van der Waals surface area contributed by atoms with Gasteiger partial charge in [0.2, 0.25) is 0 Å². The van der Waals surface area contributed by atoms with Crippen LogP contribution in [0, 0.1) is 0 Å². The molecule has 6 heteroatoms. The molecule has 0 aliphatic rings. The summed E-state index contributed by atoms with van der Waals surface area (Å²) in [6.07, 6.45) is 3.60. The molecular formula is C14H16BrN3OS. The van der Waals surface area contributed by atoms with Crippen molar-refractivity contribution in [1.82, 2.24) is 15.3 Å². The van der Waals surface area contributed by atoms with E-state index in [1.807, 2.05) is 18.2 Å². The number of methoxy groups -OCH3 is 1. The molecule has 2 rings (SSSR count). The van der Waals surface area contributed by atoms with E-state index in [9.17, 15) is 0 Å². The second kappa shape index (κ2) is 8.36. The van der Waals surface area contributed by atoms with Crippen molar-refractivity contribution < 1.29 is 4.74 Å². The normalized spacial score (nSPS) is 10.7. The number of rotatable bonds is 7. The van der Waals surface area contributed by atoms with Gasteiger partial charge < -0.3 is 10.1 Å². The molecule has 1 N–H and O–H groups in total. The molecule has 2 aromatic rings. The lowest BCUT2D eigenvalue weighted by atomic mass is 10.3. The second-order valence-electron chi connectivity index (χ2n) is 4.05. The van der Waals surface area contributed by atoms with Crippen LogP contribution >= 0.6 is 27.7 Å². The maximum atomic E-state index is 5.02. The SMILES string of the molecule is COCCNCc1cccnc1Sc1ccc(Br)cn1. The van der Waals surface area contributed by atoms with Crippen molar-refractivity contribution in [3.63, 3.8) is 0 Å². The Balaban J connectivity index is 2.01. The van der Waals surface area contributed by atoms with Crippen LogP contribution in [0.4, 0.5) is 0 Å². The summed E-state index contributed by atoms with van der Waals surface area (Å²) < 4.78 is 6.00. The lowest BCUT2D eigenvalue weighted by molar-refractivity contribution is 0.199. The molecule has 2 heterocycles. The molecule has 106 valence electrons. The van der Waals surface area contributed by atoms with Gasteiger partial charge in [0.05, 0.1) is 6.61 Å². The van der Waals surface area contributed by atoms with Gasteiger partial charge >= 0.3 is 0 Å². The molecule has 0 bridgehead atoms. The Morgan fingerprint density at radius 2 is 2.20 bits per heavy atom. The van der Waals surface area contributed by atoms with Gasteiger partial charge in [-0.1, -0.05) is 6.07 Å². The highest BCUT2D eigenvalue weighted by Gasteiger charge is 2.06. The van der Waals surface area contributed by atoms with Gasteiger partial charge in [0, 0.05) is 37.1 Å². The van der Waals surface area contributed by atoms with Crippen molar-refractivity contribution in [3.8, 4) is 0 Å². The molecule has 0 atom stereocenters. The van der Waals surface area contributed by atoms with Crippen molar-refractivity contribution in [1.29, 1.82) is 0 Å². The summed E-state index contributed by atoms with van der Waals surface area (Å²) in [6, 6.07) is 7.99. The van der Waals surface area contributed by atoms with Gasteiger partial charge in [-0.15, -0.1) is 0 Å². The molecule has 0 aliphatic heterocycles. The van der Waals surface area contributed by atoms with Crippen LogP contribution in [0.3, 0.4) is 0 Å². The Bertz CT molecular complexity index is 536. The average Bonchev–Trinajstić information content (AvgIpc) is 2.47. The molecule has 0 radical (unpaired) electrons. The standard InChI is InChI=1S/C14H16BrN3OS/c1-19-8-7-16-9-11-3-2-6-17-14(11)20-13-5-4-12(15)10-18-13/h2-6,10,16H,7-9H2,1H3. The Morgan fingerprint density at radius 1 is 1.30 bits per heavy atom. The van der Waals surface area contributed by atoms with Crippen LogP contribution in [0.5, 0.6) is 0 Å². The summed E-state index contributed by atoms with van der Waals surface area (Å²) in [5.74, 6) is 0. The van der Waals surface area contributed by atoms with E-state index in [0.717, 1.165) is 27.6 Å². The summed E-state index contributed by atoms with van der Waals surface area (Å²) in [6.45, 7) is 2.30. The summed E-state index contributed by atoms with van der Waals surface area (Å²) in [4.78, 5) is 8.80. The van der Waals surface area contributed by atoms with Crippen molar-refractivity contribution in [2.75, 3.05) is 20.3 Å². The van der Waals surface area contributed by atoms with E-state index in [2.05, 4.69) is 37.3 Å². The van der Waals surface area contributed by atoms with Gasteiger partial charge in [0.25, 0.3) is 0 Å². The minimum atomic E-state index is 0.705. The number of hydrogen-bond donors (Lipinski definition) is 1. The van der Waals surface area contributed by atoms with Gasteiger partial charge in [-0.05, 0) is 51.5 Å². The van der Waals surface area contributed by atoms with E-state index in [0.29, 0.717) is 6.61 Å². The molecular weight excluding hydrogens is 338 g/mol. The monoisotopic (exact) mass is 353 g/mol. The summed E-state index contributed by atoms with van der Waals surface area (Å²) in [7, 11) is 1.70. The molecule has 20 heavy (non-hydrogen) atoms. The highest BCUT2D eigenvalue weighted by atomic mass is 79.9. The number of nitrogens with zero attached hydrogens (tertiary/aromatic N) is 2. The van der Waals surface area contributed by atoms with E-state index in [4.69, 9.17) is 4.74 Å². The quantitative estimate of drug-likeness (QED) is 0.774. The number of ether oxygens (including phenoxy) is 1. The van der Waals surface area contributed by atoms with Crippen LogP contribution in [0.2, 0.25) is 0 Å². The topological polar surface area (TPSA) is 47.0 Å². The molecule has 0 unspecified atom stereocenters. The minimum Gasteiger partial charge on any atom is -0.383 e. The zero-order valence-corrected chi connectivity index (χ0v) is 13.6. The molecule has 0 saturated carbocycles. The summed E-state index contributed by atoms with van der Waals surface area (Å²) in [5, 5.41) is 5.25. The van der Waals surface area contributed by atoms with Crippen LogP contribution in [0.15, 0.2) is 51.2 Å². The highest BCUT2D eigenvalue weighted by molar-refractivity contribution is 9.10. The van der Waals surface area contributed by atoms with Crippen LogP contribution < -0.4 is 5.32 Å². The zero-order valence-electron chi connectivity index (χ0n) is 11.2. The molecule has 0 saturated heterocycles. The van der Waals surface area contributed by atoms with Crippen LogP contribution in [-0.2, 0) is 11.3 Å². The lowest BCUT2D eigenvalue weighted by Crippen LogP contribution is -2.19. The second-order valence-corrected chi connectivity index (χ2v) is 5.98. The summed E-state index contributed by atoms with van der Waals surface area (Å²) >= 11 is 4.96. The number of pyridine rings is 2. The lowest BCUT2D eigenvalue weighted by Gasteiger charge is -2.08. The fraction of sp³-hybridized carbons (Fsp3) is 0.286. The number of aromatic nitrogens is 2. The fourth-order valence-corrected chi connectivity index (χ4v) is 2.63. The molecule has 4 nitrogen and oxygen atoms in total. The number of halogens is 1. The van der Waals surface area contributed by atoms with Gasteiger partial charge in [-0.25, -0.2) is 9.97 Å². The summed E-state index contributed by atoms with van der Waals surface area (Å²) in [5.41, 5.74) is 1.17. The highest BCUT2D eigenvalue weighted by Crippen LogP contribution is 2.27. The van der Waals surface area contributed by atoms with Gasteiger partial charge in [-0.2, -0.15) is 0 Å². The third kappa shape index (κ3) is 4.86. The Labute approximate surface area is 131 Å². The van der Waals surface area contributed by atoms with E-state index in [1.165, 1.54) is 5.56 Å². The van der Waals surface area contributed by atoms with E-state index >= 15 is 0 Å². The first-order valence-corrected chi connectivity index (χ1v) is 7.83. The van der Waals surface area contributed by atoms with Gasteiger partial charge in [0.15, 0.2) is 0 Å². The average molecular weight is 354 g/mol. The van der Waals surface area contributed by atoms with E-state index < -0.39 is 0 Å². The molecule has 2 aromatic heterocycles. The van der Waals surface area contributed by atoms with Crippen molar-refractivity contribution in [3.05, 3.63) is 46.7 Å². The maximum Gasteiger partial charge on any atom is 0.107 e. The third-order valence-electron chi connectivity index (χ3n) is 2.55. The van der Waals surface area contributed by atoms with Crippen molar-refractivity contribution >= 4 is 27.7 Å². The van der Waals surface area contributed by atoms with Crippen LogP contribution in [-0.4, -0.2) is 30.2 Å². The van der Waals surface area contributed by atoms with Crippen molar-refractivity contribution in [2.45, 2.75) is 16.6 Å². The van der Waals surface area contributed by atoms with Crippen LogP contribution in [0.1, 0.15) is 5.56 Å². The third-order valence-corrected chi connectivity index (χ3v) is 4.03. The smallest absolute Gasteiger partial charge is 0.107 e. The maximum absolute atomic E-state index is 5.02. The zero-order chi connectivity index (χ0) is 14.2. The Morgan fingerprint density at radius 3 is 2.95 bits per heavy atom. The Hall–Kier alpha value is -0.950. The minimum absolute atomic E-state index is 0.705. The number of nitrogens with one attached hydrogen (secondary N) is 1. The predicted octanol–water partition coefficient (Wildman–Crippen LogP) is 3.13. The van der Waals surface area contributed by atoms with Crippen LogP contribution in [0.25, 0.3) is 0 Å². The molecule has 0 amide bonds. The first kappa shape index (κ1) is 15.4. The first-order chi connectivity index (χ1) is 9.79. The van der Waals surface area contributed by atoms with Gasteiger partial charge in [-0.3, -0.25) is 0 Å². The Kier molecular flexibility index (Phi) is 6.46. The molecule has 0 fully saturated rings. The van der Waals surface area contributed by atoms with E-state index in [-0.39, 0.29) is 0 Å². The molecule has 0 spiro atoms. The number of hydrogen-bond acceptors (Lipinski definition) is 5.